The van der Waals surface area contributed by atoms with Crippen LogP contribution in [0.4, 0.5) is 0 Å². The third-order valence-corrected chi connectivity index (χ3v) is 5.49. The van der Waals surface area contributed by atoms with E-state index in [1.165, 1.54) is 29.8 Å². The van der Waals surface area contributed by atoms with E-state index in [9.17, 15) is 5.11 Å². The minimum absolute atomic E-state index is 0.193. The zero-order chi connectivity index (χ0) is 15.3. The number of aromatic nitrogens is 1. The van der Waals surface area contributed by atoms with Gasteiger partial charge in [-0.25, -0.2) is 0 Å². The molecule has 0 bridgehead atoms. The fourth-order valence-electron chi connectivity index (χ4n) is 3.94. The van der Waals surface area contributed by atoms with E-state index in [1.807, 2.05) is 0 Å². The Balaban J connectivity index is 1.87. The van der Waals surface area contributed by atoms with Crippen molar-refractivity contribution in [3.8, 4) is 0 Å². The summed E-state index contributed by atoms with van der Waals surface area (Å²) in [5, 5.41) is 10.5. The second-order valence-electron chi connectivity index (χ2n) is 8.08. The SMILES string of the molecule is COCCC1(Cn2c(C)cc3c2CC(C)(C)CC3O)CC1. The van der Waals surface area contributed by atoms with Crippen LogP contribution < -0.4 is 0 Å². The van der Waals surface area contributed by atoms with Crippen LogP contribution >= 0.6 is 0 Å². The quantitative estimate of drug-likeness (QED) is 0.899. The Kier molecular flexibility index (Phi) is 3.69. The Morgan fingerprint density at radius 3 is 2.71 bits per heavy atom. The van der Waals surface area contributed by atoms with Gasteiger partial charge in [-0.05, 0) is 55.9 Å². The second kappa shape index (κ2) is 5.13. The van der Waals surface area contributed by atoms with Gasteiger partial charge in [-0.15, -0.1) is 0 Å². The lowest BCUT2D eigenvalue weighted by Gasteiger charge is -2.34. The van der Waals surface area contributed by atoms with E-state index in [4.69, 9.17) is 4.74 Å². The summed E-state index contributed by atoms with van der Waals surface area (Å²) in [5.74, 6) is 0. The molecule has 1 unspecified atom stereocenters. The fourth-order valence-corrected chi connectivity index (χ4v) is 3.94. The number of aliphatic hydroxyl groups excluding tert-OH is 1. The van der Waals surface area contributed by atoms with Crippen LogP contribution in [0.15, 0.2) is 6.07 Å². The first-order chi connectivity index (χ1) is 9.86. The molecule has 3 nitrogen and oxygen atoms in total. The maximum absolute atomic E-state index is 10.5. The third kappa shape index (κ3) is 2.91. The molecule has 0 aromatic carbocycles. The number of fused-ring (bicyclic) bond motifs is 1. The van der Waals surface area contributed by atoms with Crippen LogP contribution in [0.3, 0.4) is 0 Å². The molecule has 0 aliphatic heterocycles. The molecule has 1 atom stereocenters. The highest BCUT2D eigenvalue weighted by Gasteiger charge is 2.44. The number of rotatable bonds is 5. The molecule has 21 heavy (non-hydrogen) atoms. The molecule has 1 aromatic heterocycles. The predicted molar refractivity (Wildman–Crippen MR) is 84.4 cm³/mol. The van der Waals surface area contributed by atoms with E-state index in [0.717, 1.165) is 32.4 Å². The normalized spacial score (nSPS) is 25.7. The van der Waals surface area contributed by atoms with Crippen molar-refractivity contribution in [2.75, 3.05) is 13.7 Å². The zero-order valence-electron chi connectivity index (χ0n) is 13.9. The van der Waals surface area contributed by atoms with Crippen molar-refractivity contribution in [2.45, 2.75) is 65.5 Å². The van der Waals surface area contributed by atoms with E-state index in [1.54, 1.807) is 7.11 Å². The smallest absolute Gasteiger partial charge is 0.0812 e. The summed E-state index contributed by atoms with van der Waals surface area (Å²) in [7, 11) is 1.79. The van der Waals surface area contributed by atoms with Gasteiger partial charge in [-0.3, -0.25) is 0 Å². The number of nitrogens with zero attached hydrogens (tertiary/aromatic N) is 1. The molecule has 1 fully saturated rings. The largest absolute Gasteiger partial charge is 0.388 e. The molecular weight excluding hydrogens is 262 g/mol. The number of aliphatic hydroxyl groups is 1. The highest BCUT2D eigenvalue weighted by Crippen LogP contribution is 2.51. The minimum atomic E-state index is -0.294. The first kappa shape index (κ1) is 15.1. The molecule has 1 N–H and O–H groups in total. The molecule has 1 saturated carbocycles. The van der Waals surface area contributed by atoms with E-state index in [-0.39, 0.29) is 11.5 Å². The summed E-state index contributed by atoms with van der Waals surface area (Å²) in [6.07, 6.45) is 5.44. The van der Waals surface area contributed by atoms with Crippen molar-refractivity contribution in [3.05, 3.63) is 23.0 Å². The summed E-state index contributed by atoms with van der Waals surface area (Å²) >= 11 is 0. The summed E-state index contributed by atoms with van der Waals surface area (Å²) < 4.78 is 7.77. The van der Waals surface area contributed by atoms with Crippen molar-refractivity contribution in [3.63, 3.8) is 0 Å². The molecule has 3 heteroatoms. The van der Waals surface area contributed by atoms with Crippen LogP contribution in [0.2, 0.25) is 0 Å². The van der Waals surface area contributed by atoms with Gasteiger partial charge in [0.25, 0.3) is 0 Å². The number of aryl methyl sites for hydroxylation is 1. The van der Waals surface area contributed by atoms with Crippen LogP contribution in [-0.4, -0.2) is 23.4 Å². The maximum Gasteiger partial charge on any atom is 0.0812 e. The number of ether oxygens (including phenoxy) is 1. The summed E-state index contributed by atoms with van der Waals surface area (Å²) in [6, 6.07) is 2.21. The lowest BCUT2D eigenvalue weighted by atomic mass is 9.75. The first-order valence-corrected chi connectivity index (χ1v) is 8.22. The molecule has 2 aliphatic carbocycles. The minimum Gasteiger partial charge on any atom is -0.388 e. The van der Waals surface area contributed by atoms with Gasteiger partial charge in [-0.1, -0.05) is 13.8 Å². The average Bonchev–Trinajstić information content (AvgIpc) is 3.09. The van der Waals surface area contributed by atoms with Gasteiger partial charge in [0.05, 0.1) is 6.10 Å². The molecule has 0 radical (unpaired) electrons. The average molecular weight is 291 g/mol. The predicted octanol–water partition coefficient (Wildman–Crippen LogP) is 3.62. The van der Waals surface area contributed by atoms with E-state index >= 15 is 0 Å². The van der Waals surface area contributed by atoms with E-state index in [0.29, 0.717) is 5.41 Å². The van der Waals surface area contributed by atoms with E-state index in [2.05, 4.69) is 31.4 Å². The molecule has 0 amide bonds. The van der Waals surface area contributed by atoms with Crippen molar-refractivity contribution >= 4 is 0 Å². The summed E-state index contributed by atoms with van der Waals surface area (Å²) in [5.41, 5.74) is 4.49. The van der Waals surface area contributed by atoms with Gasteiger partial charge in [0, 0.05) is 37.2 Å². The molecule has 0 spiro atoms. The van der Waals surface area contributed by atoms with Crippen molar-refractivity contribution in [1.29, 1.82) is 0 Å². The van der Waals surface area contributed by atoms with Crippen LogP contribution in [0.5, 0.6) is 0 Å². The van der Waals surface area contributed by atoms with Crippen LogP contribution in [0, 0.1) is 17.8 Å². The van der Waals surface area contributed by atoms with Gasteiger partial charge < -0.3 is 14.4 Å². The highest BCUT2D eigenvalue weighted by molar-refractivity contribution is 5.33. The van der Waals surface area contributed by atoms with Crippen molar-refractivity contribution in [1.82, 2.24) is 4.57 Å². The Morgan fingerprint density at radius 1 is 1.38 bits per heavy atom. The van der Waals surface area contributed by atoms with Gasteiger partial charge >= 0.3 is 0 Å². The number of hydrogen-bond acceptors (Lipinski definition) is 2. The zero-order valence-corrected chi connectivity index (χ0v) is 13.9. The topological polar surface area (TPSA) is 34.4 Å². The summed E-state index contributed by atoms with van der Waals surface area (Å²) in [6.45, 7) is 8.68. The van der Waals surface area contributed by atoms with Gasteiger partial charge in [0.1, 0.15) is 0 Å². The number of methoxy groups -OCH3 is 1. The van der Waals surface area contributed by atoms with Crippen LogP contribution in [0.25, 0.3) is 0 Å². The Morgan fingerprint density at radius 2 is 2.10 bits per heavy atom. The second-order valence-corrected chi connectivity index (χ2v) is 8.08. The Labute approximate surface area is 128 Å². The Hall–Kier alpha value is -0.800. The standard InChI is InChI=1S/C18H29NO2/c1-13-9-14-15(10-17(2,3)11-16(14)20)19(13)12-18(5-6-18)7-8-21-4/h9,16,20H,5-8,10-12H2,1-4H3. The molecular formula is C18H29NO2. The molecule has 3 rings (SSSR count). The number of hydrogen-bond donors (Lipinski definition) is 1. The van der Waals surface area contributed by atoms with E-state index < -0.39 is 0 Å². The van der Waals surface area contributed by atoms with Gasteiger partial charge in [0.15, 0.2) is 0 Å². The lowest BCUT2D eigenvalue weighted by Crippen LogP contribution is -2.28. The first-order valence-electron chi connectivity index (χ1n) is 8.22. The van der Waals surface area contributed by atoms with Crippen LogP contribution in [0.1, 0.15) is 62.6 Å². The molecule has 2 aliphatic rings. The van der Waals surface area contributed by atoms with Crippen molar-refractivity contribution < 1.29 is 9.84 Å². The molecule has 0 saturated heterocycles. The third-order valence-electron chi connectivity index (χ3n) is 5.49. The lowest BCUT2D eigenvalue weighted by molar-refractivity contribution is 0.0971. The monoisotopic (exact) mass is 291 g/mol. The van der Waals surface area contributed by atoms with Gasteiger partial charge in [0.2, 0.25) is 0 Å². The fraction of sp³-hybridized carbons (Fsp3) is 0.778. The molecule has 1 aromatic rings. The summed E-state index contributed by atoms with van der Waals surface area (Å²) in [4.78, 5) is 0. The van der Waals surface area contributed by atoms with Crippen LogP contribution in [-0.2, 0) is 17.7 Å². The maximum atomic E-state index is 10.5. The van der Waals surface area contributed by atoms with Crippen molar-refractivity contribution in [2.24, 2.45) is 10.8 Å². The molecule has 118 valence electrons. The Bertz CT molecular complexity index is 526. The van der Waals surface area contributed by atoms with Gasteiger partial charge in [-0.2, -0.15) is 0 Å². The highest BCUT2D eigenvalue weighted by atomic mass is 16.5. The molecule has 1 heterocycles.